The summed E-state index contributed by atoms with van der Waals surface area (Å²) < 4.78 is 5.18. The van der Waals surface area contributed by atoms with Gasteiger partial charge >= 0.3 is 6.03 Å². The van der Waals surface area contributed by atoms with E-state index < -0.39 is 6.10 Å². The predicted octanol–water partition coefficient (Wildman–Crippen LogP) is 0.992. The molecule has 0 spiro atoms. The first-order valence-electron chi connectivity index (χ1n) is 6.26. The molecule has 20 heavy (non-hydrogen) atoms. The van der Waals surface area contributed by atoms with Crippen molar-refractivity contribution in [3.8, 4) is 12.1 Å². The highest BCUT2D eigenvalue weighted by Gasteiger charge is 2.23. The largest absolute Gasteiger partial charge is 0.360 e. The molecular formula is C14H14N4O2. The number of morpholine rings is 1. The maximum absolute atomic E-state index is 12.0. The summed E-state index contributed by atoms with van der Waals surface area (Å²) in [6.07, 6.45) is -0.559. The Kier molecular flexibility index (Phi) is 4.54. The lowest BCUT2D eigenvalue weighted by atomic mass is 10.1. The molecule has 2 amide bonds. The molecule has 102 valence electrons. The number of carbonyl (C=O) groups is 1. The van der Waals surface area contributed by atoms with Crippen LogP contribution in [-0.2, 0) is 11.3 Å². The van der Waals surface area contributed by atoms with Crippen LogP contribution in [-0.4, -0.2) is 36.7 Å². The third kappa shape index (κ3) is 3.47. The van der Waals surface area contributed by atoms with Gasteiger partial charge in [-0.15, -0.1) is 0 Å². The number of urea groups is 1. The number of carbonyl (C=O) groups excluding carboxylic acids is 1. The number of hydrogen-bond acceptors (Lipinski definition) is 4. The summed E-state index contributed by atoms with van der Waals surface area (Å²) in [7, 11) is 0. The lowest BCUT2D eigenvalue weighted by molar-refractivity contribution is 0.0157. The molecule has 0 aliphatic carbocycles. The third-order valence-electron chi connectivity index (χ3n) is 3.00. The number of hydrogen-bond donors (Lipinski definition) is 1. The van der Waals surface area contributed by atoms with Crippen molar-refractivity contribution >= 4 is 6.03 Å². The van der Waals surface area contributed by atoms with Crippen molar-refractivity contribution in [2.75, 3.05) is 19.7 Å². The molecule has 1 aliphatic rings. The zero-order chi connectivity index (χ0) is 14.4. The Bertz CT molecular complexity index is 573. The maximum Gasteiger partial charge on any atom is 0.317 e. The summed E-state index contributed by atoms with van der Waals surface area (Å²) in [5.41, 5.74) is 1.43. The number of amides is 2. The van der Waals surface area contributed by atoms with Gasteiger partial charge in [0.15, 0.2) is 6.10 Å². The normalized spacial score (nSPS) is 17.9. The van der Waals surface area contributed by atoms with Crippen LogP contribution in [0.25, 0.3) is 0 Å². The molecule has 0 radical (unpaired) electrons. The fourth-order valence-electron chi connectivity index (χ4n) is 1.95. The molecule has 1 fully saturated rings. The van der Waals surface area contributed by atoms with Crippen LogP contribution in [0, 0.1) is 22.7 Å². The van der Waals surface area contributed by atoms with E-state index in [9.17, 15) is 4.79 Å². The van der Waals surface area contributed by atoms with Gasteiger partial charge in [-0.2, -0.15) is 10.5 Å². The van der Waals surface area contributed by atoms with Crippen LogP contribution in [0.4, 0.5) is 4.79 Å². The minimum absolute atomic E-state index is 0.226. The lowest BCUT2D eigenvalue weighted by Crippen LogP contribution is -2.49. The Labute approximate surface area is 117 Å². The molecule has 1 aromatic carbocycles. The van der Waals surface area contributed by atoms with Gasteiger partial charge in [-0.05, 0) is 17.7 Å². The van der Waals surface area contributed by atoms with Crippen LogP contribution in [0.1, 0.15) is 11.1 Å². The van der Waals surface area contributed by atoms with Gasteiger partial charge in [0.1, 0.15) is 0 Å². The topological polar surface area (TPSA) is 89.2 Å². The molecule has 2 rings (SSSR count). The summed E-state index contributed by atoms with van der Waals surface area (Å²) in [6, 6.07) is 10.9. The number of ether oxygens (including phenoxy) is 1. The predicted molar refractivity (Wildman–Crippen MR) is 70.3 cm³/mol. The van der Waals surface area contributed by atoms with Gasteiger partial charge in [0, 0.05) is 13.1 Å². The van der Waals surface area contributed by atoms with Crippen LogP contribution in [0.3, 0.4) is 0 Å². The van der Waals surface area contributed by atoms with Crippen molar-refractivity contribution in [2.24, 2.45) is 0 Å². The van der Waals surface area contributed by atoms with Crippen molar-refractivity contribution in [1.29, 1.82) is 10.5 Å². The second-order valence-corrected chi connectivity index (χ2v) is 4.41. The van der Waals surface area contributed by atoms with Crippen molar-refractivity contribution < 1.29 is 9.53 Å². The van der Waals surface area contributed by atoms with E-state index in [0.717, 1.165) is 5.56 Å². The molecule has 1 heterocycles. The van der Waals surface area contributed by atoms with Gasteiger partial charge in [0.2, 0.25) is 0 Å². The van der Waals surface area contributed by atoms with E-state index >= 15 is 0 Å². The van der Waals surface area contributed by atoms with Gasteiger partial charge in [-0.1, -0.05) is 12.1 Å². The van der Waals surface area contributed by atoms with E-state index in [1.54, 1.807) is 23.1 Å². The molecule has 1 N–H and O–H groups in total. The highest BCUT2D eigenvalue weighted by molar-refractivity contribution is 5.74. The summed E-state index contributed by atoms with van der Waals surface area (Å²) in [5.74, 6) is 0. The average molecular weight is 270 g/mol. The molecule has 1 saturated heterocycles. The van der Waals surface area contributed by atoms with Gasteiger partial charge in [-0.3, -0.25) is 0 Å². The van der Waals surface area contributed by atoms with Crippen molar-refractivity contribution in [3.63, 3.8) is 0 Å². The van der Waals surface area contributed by atoms with Gasteiger partial charge in [-0.25, -0.2) is 4.79 Å². The van der Waals surface area contributed by atoms with Crippen LogP contribution in [0.5, 0.6) is 0 Å². The smallest absolute Gasteiger partial charge is 0.317 e. The highest BCUT2D eigenvalue weighted by atomic mass is 16.5. The Hall–Kier alpha value is -2.57. The van der Waals surface area contributed by atoms with E-state index in [0.29, 0.717) is 25.3 Å². The monoisotopic (exact) mass is 270 g/mol. The first-order valence-corrected chi connectivity index (χ1v) is 6.26. The molecule has 0 unspecified atom stereocenters. The molecule has 0 saturated carbocycles. The quantitative estimate of drug-likeness (QED) is 0.867. The molecule has 0 aromatic heterocycles. The number of rotatable bonds is 2. The minimum atomic E-state index is -0.559. The van der Waals surface area contributed by atoms with E-state index in [-0.39, 0.29) is 12.6 Å². The Morgan fingerprint density at radius 3 is 3.10 bits per heavy atom. The summed E-state index contributed by atoms with van der Waals surface area (Å²) in [6.45, 7) is 1.47. The van der Waals surface area contributed by atoms with Crippen LogP contribution in [0.2, 0.25) is 0 Å². The SMILES string of the molecule is N#Cc1cccc(CNC(=O)N2CCO[C@H](C#N)C2)c1. The first-order chi connectivity index (χ1) is 9.72. The summed E-state index contributed by atoms with van der Waals surface area (Å²) >= 11 is 0. The molecule has 1 aliphatic heterocycles. The zero-order valence-corrected chi connectivity index (χ0v) is 10.9. The first kappa shape index (κ1) is 13.9. The number of nitriles is 2. The molecule has 6 nitrogen and oxygen atoms in total. The average Bonchev–Trinajstić information content (AvgIpc) is 2.52. The molecule has 6 heteroatoms. The van der Waals surface area contributed by atoms with Gasteiger partial charge in [0.25, 0.3) is 0 Å². The lowest BCUT2D eigenvalue weighted by Gasteiger charge is -2.29. The molecule has 1 atom stereocenters. The number of nitrogens with one attached hydrogen (secondary N) is 1. The van der Waals surface area contributed by atoms with Crippen molar-refractivity contribution in [3.05, 3.63) is 35.4 Å². The number of nitrogens with zero attached hydrogens (tertiary/aromatic N) is 3. The molecular weight excluding hydrogens is 256 g/mol. The van der Waals surface area contributed by atoms with Crippen molar-refractivity contribution in [2.45, 2.75) is 12.6 Å². The Morgan fingerprint density at radius 1 is 1.50 bits per heavy atom. The highest BCUT2D eigenvalue weighted by Crippen LogP contribution is 2.06. The van der Waals surface area contributed by atoms with Crippen LogP contribution in [0.15, 0.2) is 24.3 Å². The second-order valence-electron chi connectivity index (χ2n) is 4.41. The van der Waals surface area contributed by atoms with E-state index in [1.807, 2.05) is 12.1 Å². The minimum Gasteiger partial charge on any atom is -0.360 e. The maximum atomic E-state index is 12.0. The zero-order valence-electron chi connectivity index (χ0n) is 10.9. The van der Waals surface area contributed by atoms with Crippen LogP contribution < -0.4 is 5.32 Å². The second kappa shape index (κ2) is 6.55. The van der Waals surface area contributed by atoms with E-state index in [2.05, 4.69) is 11.4 Å². The molecule has 1 aromatic rings. The summed E-state index contributed by atoms with van der Waals surface area (Å²) in [4.78, 5) is 13.5. The van der Waals surface area contributed by atoms with Gasteiger partial charge < -0.3 is 15.0 Å². The molecule has 0 bridgehead atoms. The third-order valence-corrected chi connectivity index (χ3v) is 3.00. The standard InChI is InChI=1S/C14H14N4O2/c15-7-11-2-1-3-12(6-11)9-17-14(19)18-4-5-20-13(8-16)10-18/h1-3,6,13H,4-5,9-10H2,(H,17,19)/t13-/m1/s1. The van der Waals surface area contributed by atoms with Gasteiger partial charge in [0.05, 0.1) is 30.9 Å². The Morgan fingerprint density at radius 2 is 2.35 bits per heavy atom. The Balaban J connectivity index is 1.89. The fraction of sp³-hybridized carbons (Fsp3) is 0.357. The van der Waals surface area contributed by atoms with Crippen LogP contribution >= 0.6 is 0 Å². The van der Waals surface area contributed by atoms with E-state index in [4.69, 9.17) is 15.3 Å². The summed E-state index contributed by atoms with van der Waals surface area (Å²) in [5, 5.41) is 20.4. The fourth-order valence-corrected chi connectivity index (χ4v) is 1.95. The van der Waals surface area contributed by atoms with E-state index in [1.165, 1.54) is 0 Å². The van der Waals surface area contributed by atoms with Crippen molar-refractivity contribution in [1.82, 2.24) is 10.2 Å². The number of benzene rings is 1.